The number of rotatable bonds is 5. The number of ether oxygens (including phenoxy) is 1. The smallest absolute Gasteiger partial charge is 0.164 e. The molecule has 8 aromatic rings. The summed E-state index contributed by atoms with van der Waals surface area (Å²) in [7, 11) is 0. The van der Waals surface area contributed by atoms with Gasteiger partial charge in [-0.05, 0) is 41.5 Å². The molecule has 2 unspecified atom stereocenters. The molecule has 0 bridgehead atoms. The zero-order chi connectivity index (χ0) is 33.0. The molecule has 1 aliphatic heterocycles. The molecule has 6 aromatic carbocycles. The van der Waals surface area contributed by atoms with Crippen LogP contribution in [0.2, 0.25) is 0 Å². The first-order valence-corrected chi connectivity index (χ1v) is 16.9. The lowest BCUT2D eigenvalue weighted by molar-refractivity contribution is 0.224. The normalized spacial score (nSPS) is 15.7. The molecule has 3 heterocycles. The minimum absolute atomic E-state index is 0.0915. The molecule has 0 amide bonds. The van der Waals surface area contributed by atoms with Crippen molar-refractivity contribution in [2.75, 3.05) is 0 Å². The molecule has 0 radical (unpaired) electrons. The van der Waals surface area contributed by atoms with Crippen LogP contribution in [0.4, 0.5) is 0 Å². The fourth-order valence-electron chi connectivity index (χ4n) is 7.57. The molecule has 0 saturated heterocycles. The van der Waals surface area contributed by atoms with Crippen molar-refractivity contribution in [2.45, 2.75) is 12.0 Å². The van der Waals surface area contributed by atoms with E-state index in [4.69, 9.17) is 19.7 Å². The van der Waals surface area contributed by atoms with Crippen molar-refractivity contribution in [3.63, 3.8) is 0 Å². The average Bonchev–Trinajstić information content (AvgIpc) is 3.75. The second kappa shape index (κ2) is 11.5. The van der Waals surface area contributed by atoms with E-state index in [2.05, 4.69) is 114 Å². The van der Waals surface area contributed by atoms with Crippen LogP contribution in [0.3, 0.4) is 0 Å². The number of para-hydroxylation sites is 2. The topological polar surface area (TPSA) is 52.8 Å². The largest absolute Gasteiger partial charge is 0.484 e. The van der Waals surface area contributed by atoms with Crippen LogP contribution < -0.4 is 4.74 Å². The number of benzene rings is 6. The maximum absolute atomic E-state index is 6.87. The fraction of sp³-hybridized carbons (Fsp3) is 0.0444. The summed E-state index contributed by atoms with van der Waals surface area (Å²) in [4.78, 5) is 14.7. The second-order valence-electron chi connectivity index (χ2n) is 12.7. The monoisotopic (exact) mass is 642 g/mol. The number of aromatic nitrogens is 4. The third kappa shape index (κ3) is 4.59. The van der Waals surface area contributed by atoms with E-state index >= 15 is 0 Å². The summed E-state index contributed by atoms with van der Waals surface area (Å²) in [6, 6.07) is 54.4. The maximum atomic E-state index is 6.87. The minimum Gasteiger partial charge on any atom is -0.484 e. The molecule has 0 fully saturated rings. The lowest BCUT2D eigenvalue weighted by Gasteiger charge is -2.23. The molecule has 5 nitrogen and oxygen atoms in total. The molecule has 0 N–H and O–H groups in total. The van der Waals surface area contributed by atoms with Gasteiger partial charge in [-0.2, -0.15) is 0 Å². The van der Waals surface area contributed by atoms with Gasteiger partial charge < -0.3 is 9.30 Å². The van der Waals surface area contributed by atoms with Gasteiger partial charge in [0.2, 0.25) is 0 Å². The molecule has 50 heavy (non-hydrogen) atoms. The van der Waals surface area contributed by atoms with Crippen molar-refractivity contribution in [3.05, 3.63) is 181 Å². The van der Waals surface area contributed by atoms with Crippen LogP contribution in [0.15, 0.2) is 164 Å². The van der Waals surface area contributed by atoms with Crippen LogP contribution in [0, 0.1) is 0 Å². The van der Waals surface area contributed by atoms with Gasteiger partial charge in [0.25, 0.3) is 0 Å². The summed E-state index contributed by atoms with van der Waals surface area (Å²) in [5.74, 6) is 2.98. The van der Waals surface area contributed by atoms with Crippen molar-refractivity contribution in [1.29, 1.82) is 0 Å². The summed E-state index contributed by atoms with van der Waals surface area (Å²) >= 11 is 0. The Hall–Kier alpha value is -6.59. The molecular weight excluding hydrogens is 613 g/mol. The van der Waals surface area contributed by atoms with Crippen molar-refractivity contribution in [3.8, 4) is 56.7 Å². The third-order valence-corrected chi connectivity index (χ3v) is 9.85. The minimum atomic E-state index is -0.113. The Morgan fingerprint density at radius 2 is 1.04 bits per heavy atom. The number of hydrogen-bond acceptors (Lipinski definition) is 4. The second-order valence-corrected chi connectivity index (χ2v) is 12.7. The summed E-state index contributed by atoms with van der Waals surface area (Å²) in [5, 5.41) is 1.23. The summed E-state index contributed by atoms with van der Waals surface area (Å²) in [5.41, 5.74) is 11.1. The van der Waals surface area contributed by atoms with Crippen molar-refractivity contribution in [1.82, 2.24) is 19.5 Å². The van der Waals surface area contributed by atoms with Gasteiger partial charge in [-0.1, -0.05) is 140 Å². The number of fused-ring (bicyclic) bond motifs is 7. The molecule has 1 aliphatic carbocycles. The van der Waals surface area contributed by atoms with Crippen LogP contribution in [0.1, 0.15) is 28.8 Å². The van der Waals surface area contributed by atoms with E-state index in [1.165, 1.54) is 33.3 Å². The summed E-state index contributed by atoms with van der Waals surface area (Å²) < 4.78 is 9.23. The Morgan fingerprint density at radius 3 is 1.70 bits per heavy atom. The Labute approximate surface area is 289 Å². The van der Waals surface area contributed by atoms with Crippen molar-refractivity contribution >= 4 is 17.0 Å². The predicted molar refractivity (Wildman–Crippen MR) is 200 cm³/mol. The predicted octanol–water partition coefficient (Wildman–Crippen LogP) is 10.7. The van der Waals surface area contributed by atoms with Gasteiger partial charge >= 0.3 is 0 Å². The van der Waals surface area contributed by atoms with Gasteiger partial charge in [-0.25, -0.2) is 15.0 Å². The Kier molecular flexibility index (Phi) is 6.56. The molecule has 10 rings (SSSR count). The van der Waals surface area contributed by atoms with Gasteiger partial charge in [-0.3, -0.25) is 0 Å². The van der Waals surface area contributed by atoms with Gasteiger partial charge in [0.05, 0.1) is 11.2 Å². The lowest BCUT2D eigenvalue weighted by Crippen LogP contribution is -2.13. The first kappa shape index (κ1) is 28.4. The quantitative estimate of drug-likeness (QED) is 0.187. The summed E-state index contributed by atoms with van der Waals surface area (Å²) in [6.07, 6.45) is 4.51. The first-order chi connectivity index (χ1) is 24.8. The fourth-order valence-corrected chi connectivity index (χ4v) is 7.57. The van der Waals surface area contributed by atoms with E-state index in [0.29, 0.717) is 17.5 Å². The molecule has 0 saturated carbocycles. The zero-order valence-corrected chi connectivity index (χ0v) is 27.0. The van der Waals surface area contributed by atoms with Gasteiger partial charge in [0.1, 0.15) is 11.9 Å². The molecule has 5 heteroatoms. The van der Waals surface area contributed by atoms with Crippen molar-refractivity contribution < 1.29 is 4.74 Å². The zero-order valence-electron chi connectivity index (χ0n) is 27.0. The van der Waals surface area contributed by atoms with Gasteiger partial charge in [0.15, 0.2) is 17.5 Å². The third-order valence-electron chi connectivity index (χ3n) is 9.85. The number of hydrogen-bond donors (Lipinski definition) is 0. The molecule has 2 aromatic heterocycles. The molecule has 2 atom stereocenters. The molecule has 2 aliphatic rings. The SMILES string of the molecule is C1=CC2c3c(cccc3-c3ccc(-c4nc(-c5ccccc5)nc(-c5ccccc5)n4)cc3)OC2c2c1n(-c1ccccc1)c1ccccc21. The first-order valence-electron chi connectivity index (χ1n) is 16.9. The van der Waals surface area contributed by atoms with E-state index in [1.807, 2.05) is 60.7 Å². The highest BCUT2D eigenvalue weighted by atomic mass is 16.5. The standard InChI is InChI=1S/C45H30N4O/c1-4-13-30(14-5-1)43-46-44(31-15-6-2-7-16-31)48-45(47-43)32-25-23-29(24-26-32)34-20-12-22-39-40(34)36-27-28-38-41(42(36)50-39)35-19-10-11-21-37(35)49(38)33-17-8-3-9-18-33/h1-28,36,42H. The highest BCUT2D eigenvalue weighted by Crippen LogP contribution is 2.55. The summed E-state index contributed by atoms with van der Waals surface area (Å²) in [6.45, 7) is 0. The van der Waals surface area contributed by atoms with E-state index in [9.17, 15) is 0 Å². The van der Waals surface area contributed by atoms with E-state index in [-0.39, 0.29) is 12.0 Å². The van der Waals surface area contributed by atoms with E-state index in [0.717, 1.165) is 33.7 Å². The maximum Gasteiger partial charge on any atom is 0.164 e. The van der Waals surface area contributed by atoms with E-state index < -0.39 is 0 Å². The van der Waals surface area contributed by atoms with Crippen LogP contribution in [0.25, 0.3) is 68.0 Å². The van der Waals surface area contributed by atoms with Gasteiger partial charge in [0, 0.05) is 44.8 Å². The Bertz CT molecular complexity index is 2500. The van der Waals surface area contributed by atoms with Gasteiger partial charge in [-0.15, -0.1) is 0 Å². The highest BCUT2D eigenvalue weighted by molar-refractivity contribution is 5.92. The van der Waals surface area contributed by atoms with Crippen LogP contribution in [0.5, 0.6) is 5.75 Å². The Balaban J connectivity index is 1.04. The van der Waals surface area contributed by atoms with Crippen LogP contribution in [-0.4, -0.2) is 19.5 Å². The lowest BCUT2D eigenvalue weighted by atomic mass is 9.82. The molecule has 236 valence electrons. The van der Waals surface area contributed by atoms with Crippen LogP contribution >= 0.6 is 0 Å². The van der Waals surface area contributed by atoms with Crippen LogP contribution in [-0.2, 0) is 0 Å². The number of nitrogens with zero attached hydrogens (tertiary/aromatic N) is 4. The molecule has 0 spiro atoms. The van der Waals surface area contributed by atoms with Crippen molar-refractivity contribution in [2.24, 2.45) is 0 Å². The molecular formula is C45H30N4O. The average molecular weight is 643 g/mol. The van der Waals surface area contributed by atoms with E-state index in [1.54, 1.807) is 0 Å². The Morgan fingerprint density at radius 1 is 0.480 bits per heavy atom. The highest BCUT2D eigenvalue weighted by Gasteiger charge is 2.41.